The van der Waals surface area contributed by atoms with Crippen molar-refractivity contribution in [2.24, 2.45) is 11.8 Å². The molecule has 0 atom stereocenters. The molecule has 0 aliphatic heterocycles. The van der Waals surface area contributed by atoms with Gasteiger partial charge in [-0.1, -0.05) is 57.4 Å². The van der Waals surface area contributed by atoms with Crippen LogP contribution in [0.4, 0.5) is 8.78 Å². The van der Waals surface area contributed by atoms with Crippen LogP contribution in [0.15, 0.2) is 30.5 Å². The highest BCUT2D eigenvalue weighted by atomic mass is 19.1. The molecule has 1 aliphatic carbocycles. The smallest absolute Gasteiger partial charge is 0.142 e. The molecular weight excluding hydrogens is 364 g/mol. The van der Waals surface area contributed by atoms with Gasteiger partial charge in [-0.05, 0) is 61.8 Å². The van der Waals surface area contributed by atoms with Gasteiger partial charge in [-0.25, -0.2) is 8.78 Å². The number of hydrogen-bond donors (Lipinski definition) is 0. The molecule has 0 N–H and O–H groups in total. The van der Waals surface area contributed by atoms with Gasteiger partial charge in [0.05, 0.1) is 11.3 Å². The molecule has 3 heteroatoms. The zero-order valence-corrected chi connectivity index (χ0v) is 17.6. The van der Waals surface area contributed by atoms with Gasteiger partial charge in [0.25, 0.3) is 0 Å². The Hall–Kier alpha value is -2.21. The SMILES string of the molecule is CCCC[C@H]1CC[C@H](C#Cc2c(F)cc(-c3ccc(CCC)cn3)cc2F)CC1. The van der Waals surface area contributed by atoms with E-state index in [1.807, 2.05) is 12.1 Å². The standard InChI is InChI=1S/C26H31F2N/c1-3-5-7-19-8-10-20(11-9-19)12-14-23-24(27)16-22(17-25(23)28)26-15-13-21(6-4-2)18-29-26/h13,15-20H,3-11H2,1-2H3/t19-,20-. The Balaban J connectivity index is 1.68. The summed E-state index contributed by atoms with van der Waals surface area (Å²) in [5.74, 6) is 5.76. The summed E-state index contributed by atoms with van der Waals surface area (Å²) in [6, 6.07) is 6.47. The van der Waals surface area contributed by atoms with Crippen LogP contribution in [-0.4, -0.2) is 4.98 Å². The predicted octanol–water partition coefficient (Wildman–Crippen LogP) is 7.33. The fourth-order valence-electron chi connectivity index (χ4n) is 4.13. The second kappa shape index (κ2) is 10.5. The van der Waals surface area contributed by atoms with Crippen LogP contribution >= 0.6 is 0 Å². The highest BCUT2D eigenvalue weighted by molar-refractivity contribution is 5.61. The Morgan fingerprint density at radius 1 is 1.00 bits per heavy atom. The second-order valence-corrected chi connectivity index (χ2v) is 8.25. The number of hydrogen-bond acceptors (Lipinski definition) is 1. The molecule has 1 aromatic carbocycles. The minimum Gasteiger partial charge on any atom is -0.256 e. The molecule has 1 saturated carbocycles. The molecule has 0 radical (unpaired) electrons. The normalized spacial score (nSPS) is 18.9. The van der Waals surface area contributed by atoms with E-state index in [2.05, 4.69) is 30.7 Å². The van der Waals surface area contributed by atoms with Crippen LogP contribution in [0.2, 0.25) is 0 Å². The number of halogens is 2. The Labute approximate surface area is 174 Å². The van der Waals surface area contributed by atoms with E-state index in [4.69, 9.17) is 0 Å². The first-order valence-electron chi connectivity index (χ1n) is 11.1. The maximum atomic E-state index is 14.6. The van der Waals surface area contributed by atoms with Crippen LogP contribution < -0.4 is 0 Å². The first-order chi connectivity index (χ1) is 14.1. The van der Waals surface area contributed by atoms with E-state index in [-0.39, 0.29) is 11.5 Å². The first kappa shape index (κ1) is 21.5. The molecule has 1 fully saturated rings. The zero-order valence-electron chi connectivity index (χ0n) is 17.6. The monoisotopic (exact) mass is 395 g/mol. The molecule has 0 amide bonds. The van der Waals surface area contributed by atoms with Gasteiger partial charge in [0.1, 0.15) is 11.6 Å². The van der Waals surface area contributed by atoms with Crippen LogP contribution in [-0.2, 0) is 6.42 Å². The molecule has 1 aromatic heterocycles. The third kappa shape index (κ3) is 5.89. The summed E-state index contributed by atoms with van der Waals surface area (Å²) in [6.07, 6.45) is 12.0. The first-order valence-corrected chi connectivity index (χ1v) is 11.1. The average Bonchev–Trinajstić information content (AvgIpc) is 2.73. The van der Waals surface area contributed by atoms with Gasteiger partial charge < -0.3 is 0 Å². The van der Waals surface area contributed by atoms with E-state index < -0.39 is 11.6 Å². The molecule has 0 spiro atoms. The molecule has 3 rings (SSSR count). The van der Waals surface area contributed by atoms with Gasteiger partial charge in [-0.2, -0.15) is 0 Å². The molecule has 0 saturated heterocycles. The number of pyridine rings is 1. The summed E-state index contributed by atoms with van der Waals surface area (Å²) in [6.45, 7) is 4.33. The summed E-state index contributed by atoms with van der Waals surface area (Å²) in [4.78, 5) is 4.36. The van der Waals surface area contributed by atoms with E-state index in [9.17, 15) is 8.78 Å². The lowest BCUT2D eigenvalue weighted by atomic mass is 9.80. The van der Waals surface area contributed by atoms with Crippen LogP contribution in [0.25, 0.3) is 11.3 Å². The van der Waals surface area contributed by atoms with Crippen molar-refractivity contribution in [1.82, 2.24) is 4.98 Å². The van der Waals surface area contributed by atoms with Gasteiger partial charge in [0, 0.05) is 17.7 Å². The van der Waals surface area contributed by atoms with Crippen LogP contribution in [0, 0.1) is 35.3 Å². The quantitative estimate of drug-likeness (QED) is 0.467. The van der Waals surface area contributed by atoms with Crippen molar-refractivity contribution in [3.63, 3.8) is 0 Å². The largest absolute Gasteiger partial charge is 0.256 e. The third-order valence-corrected chi connectivity index (χ3v) is 5.92. The number of benzene rings is 1. The van der Waals surface area contributed by atoms with Gasteiger partial charge >= 0.3 is 0 Å². The van der Waals surface area contributed by atoms with Gasteiger partial charge in [-0.3, -0.25) is 4.98 Å². The van der Waals surface area contributed by atoms with Crippen molar-refractivity contribution in [2.45, 2.75) is 71.6 Å². The zero-order chi connectivity index (χ0) is 20.6. The molecule has 0 unspecified atom stereocenters. The van der Waals surface area contributed by atoms with Gasteiger partial charge in [0.2, 0.25) is 0 Å². The molecule has 154 valence electrons. The van der Waals surface area contributed by atoms with Gasteiger partial charge in [0.15, 0.2) is 0 Å². The maximum Gasteiger partial charge on any atom is 0.142 e. The third-order valence-electron chi connectivity index (χ3n) is 5.92. The molecule has 29 heavy (non-hydrogen) atoms. The second-order valence-electron chi connectivity index (χ2n) is 8.25. The van der Waals surface area contributed by atoms with E-state index in [1.165, 1.54) is 44.2 Å². The predicted molar refractivity (Wildman–Crippen MR) is 115 cm³/mol. The lowest BCUT2D eigenvalue weighted by Crippen LogP contribution is -2.13. The highest BCUT2D eigenvalue weighted by Gasteiger charge is 2.19. The van der Waals surface area contributed by atoms with Crippen molar-refractivity contribution in [3.8, 4) is 23.1 Å². The fourth-order valence-corrected chi connectivity index (χ4v) is 4.13. The Kier molecular flexibility index (Phi) is 7.81. The van der Waals surface area contributed by atoms with Crippen LogP contribution in [0.1, 0.15) is 76.3 Å². The van der Waals surface area contributed by atoms with Crippen molar-refractivity contribution in [1.29, 1.82) is 0 Å². The van der Waals surface area contributed by atoms with Crippen molar-refractivity contribution >= 4 is 0 Å². The molecule has 0 bridgehead atoms. The summed E-state index contributed by atoms with van der Waals surface area (Å²) in [5.41, 5.74) is 2.03. The number of nitrogens with zero attached hydrogens (tertiary/aromatic N) is 1. The summed E-state index contributed by atoms with van der Waals surface area (Å²) in [7, 11) is 0. The number of aromatic nitrogens is 1. The van der Waals surface area contributed by atoms with Crippen LogP contribution in [0.5, 0.6) is 0 Å². The fraction of sp³-hybridized carbons (Fsp3) is 0.500. The van der Waals surface area contributed by atoms with Crippen molar-refractivity contribution in [3.05, 3.63) is 53.2 Å². The number of aryl methyl sites for hydroxylation is 1. The summed E-state index contributed by atoms with van der Waals surface area (Å²) < 4.78 is 29.2. The summed E-state index contributed by atoms with van der Waals surface area (Å²) >= 11 is 0. The lowest BCUT2D eigenvalue weighted by molar-refractivity contribution is 0.296. The minimum absolute atomic E-state index is 0.121. The van der Waals surface area contributed by atoms with Crippen molar-refractivity contribution < 1.29 is 8.78 Å². The molecule has 1 nitrogen and oxygen atoms in total. The lowest BCUT2D eigenvalue weighted by Gasteiger charge is -2.25. The summed E-state index contributed by atoms with van der Waals surface area (Å²) in [5, 5.41) is 0. The van der Waals surface area contributed by atoms with Crippen molar-refractivity contribution in [2.75, 3.05) is 0 Å². The molecular formula is C26H31F2N. The van der Waals surface area contributed by atoms with E-state index >= 15 is 0 Å². The van der Waals surface area contributed by atoms with E-state index in [0.717, 1.165) is 37.2 Å². The molecule has 1 heterocycles. The Morgan fingerprint density at radius 3 is 2.31 bits per heavy atom. The maximum absolute atomic E-state index is 14.6. The van der Waals surface area contributed by atoms with E-state index in [1.54, 1.807) is 6.20 Å². The highest BCUT2D eigenvalue weighted by Crippen LogP contribution is 2.31. The topological polar surface area (TPSA) is 12.9 Å². The average molecular weight is 396 g/mol. The van der Waals surface area contributed by atoms with Crippen LogP contribution in [0.3, 0.4) is 0 Å². The van der Waals surface area contributed by atoms with E-state index in [0.29, 0.717) is 11.3 Å². The number of rotatable bonds is 6. The Bertz CT molecular complexity index is 830. The number of unbranched alkanes of at least 4 members (excludes halogenated alkanes) is 1. The van der Waals surface area contributed by atoms with Gasteiger partial charge in [-0.15, -0.1) is 0 Å². The minimum atomic E-state index is -0.608. The molecule has 1 aliphatic rings. The molecule has 2 aromatic rings. The Morgan fingerprint density at radius 2 is 1.72 bits per heavy atom.